The highest BCUT2D eigenvalue weighted by Crippen LogP contribution is 2.29. The van der Waals surface area contributed by atoms with E-state index in [0.29, 0.717) is 53.8 Å². The fourth-order valence-corrected chi connectivity index (χ4v) is 4.55. The minimum Gasteiger partial charge on any atom is -0.488 e. The summed E-state index contributed by atoms with van der Waals surface area (Å²) in [5.74, 6) is 0.960. The monoisotopic (exact) mass is 536 g/mol. The quantitative estimate of drug-likeness (QED) is 0.344. The molecule has 3 heterocycles. The van der Waals surface area contributed by atoms with Crippen LogP contribution in [0.5, 0.6) is 5.75 Å². The molecule has 0 fully saturated rings. The second kappa shape index (κ2) is 12.7. The number of aliphatic hydroxyl groups excluding tert-OH is 1. The summed E-state index contributed by atoms with van der Waals surface area (Å²) in [6.45, 7) is 8.85. The molecule has 3 aromatic rings. The van der Waals surface area contributed by atoms with Gasteiger partial charge in [-0.25, -0.2) is 4.79 Å². The van der Waals surface area contributed by atoms with Gasteiger partial charge >= 0.3 is 6.03 Å². The van der Waals surface area contributed by atoms with Gasteiger partial charge in [0, 0.05) is 49.2 Å². The molecule has 1 aliphatic rings. The lowest BCUT2D eigenvalue weighted by Crippen LogP contribution is -2.47. The topological polar surface area (TPSA) is 142 Å². The normalized spacial score (nSPS) is 18.3. The summed E-state index contributed by atoms with van der Waals surface area (Å²) in [7, 11) is 0. The van der Waals surface area contributed by atoms with E-state index in [2.05, 4.69) is 26.1 Å². The highest BCUT2D eigenvalue weighted by Gasteiger charge is 2.30. The molecule has 1 aromatic carbocycles. The van der Waals surface area contributed by atoms with Crippen LogP contribution in [0.2, 0.25) is 0 Å². The molecular weight excluding hydrogens is 500 g/mol. The number of benzene rings is 1. The first-order valence-electron chi connectivity index (χ1n) is 13.1. The van der Waals surface area contributed by atoms with Crippen molar-refractivity contribution in [1.29, 1.82) is 0 Å². The van der Waals surface area contributed by atoms with Gasteiger partial charge in [-0.1, -0.05) is 12.1 Å². The van der Waals surface area contributed by atoms with Crippen LogP contribution in [0.1, 0.15) is 36.4 Å². The summed E-state index contributed by atoms with van der Waals surface area (Å²) in [4.78, 5) is 31.8. The lowest BCUT2D eigenvalue weighted by atomic mass is 10.0. The Kier molecular flexibility index (Phi) is 9.15. The van der Waals surface area contributed by atoms with Crippen LogP contribution in [0.3, 0.4) is 0 Å². The lowest BCUT2D eigenvalue weighted by Gasteiger charge is -2.32. The van der Waals surface area contributed by atoms with Gasteiger partial charge in [-0.3, -0.25) is 9.78 Å². The van der Waals surface area contributed by atoms with Gasteiger partial charge in [0.05, 0.1) is 19.1 Å². The molecule has 3 amide bonds. The first-order chi connectivity index (χ1) is 18.7. The van der Waals surface area contributed by atoms with Crippen LogP contribution >= 0.6 is 0 Å². The zero-order chi connectivity index (χ0) is 27.9. The van der Waals surface area contributed by atoms with E-state index < -0.39 is 6.03 Å². The molecule has 4 N–H and O–H groups in total. The molecule has 0 radical (unpaired) electrons. The molecule has 4 rings (SSSR count). The Morgan fingerprint density at radius 2 is 1.97 bits per heavy atom. The number of nitrogens with zero attached hydrogens (tertiary/aromatic N) is 3. The van der Waals surface area contributed by atoms with Crippen molar-refractivity contribution in [2.24, 2.45) is 5.92 Å². The van der Waals surface area contributed by atoms with Crippen LogP contribution in [-0.4, -0.2) is 63.9 Å². The molecule has 39 heavy (non-hydrogen) atoms. The third-order valence-corrected chi connectivity index (χ3v) is 6.87. The van der Waals surface area contributed by atoms with Gasteiger partial charge in [0.2, 0.25) is 5.91 Å². The standard InChI is InChI=1S/C28H36N6O5/c1-17-15-34(18(2)16-35)26(36)12-22-11-23(31-28(37)32-27-19(3)33-39-20(27)4)5-6-24(22)38-25(17)14-30-13-21-7-9-29-10-8-21/h5-11,17-18,25,30,35H,12-16H2,1-4H3,(H2,31,32,37)/t17-,18+,25+/m1/s1. The van der Waals surface area contributed by atoms with Gasteiger partial charge in [0.15, 0.2) is 5.76 Å². The number of pyridine rings is 1. The molecule has 0 spiro atoms. The molecule has 1 aliphatic heterocycles. The summed E-state index contributed by atoms with van der Waals surface area (Å²) in [5, 5.41) is 22.7. The fraction of sp³-hybridized carbons (Fsp3) is 0.429. The average Bonchev–Trinajstić information content (AvgIpc) is 3.25. The number of hydrogen-bond acceptors (Lipinski definition) is 8. The number of carbonyl (C=O) groups is 2. The van der Waals surface area contributed by atoms with E-state index in [1.54, 1.807) is 49.3 Å². The molecule has 0 saturated carbocycles. The van der Waals surface area contributed by atoms with Gasteiger partial charge in [-0.15, -0.1) is 0 Å². The van der Waals surface area contributed by atoms with Crippen molar-refractivity contribution in [3.63, 3.8) is 0 Å². The number of anilines is 2. The molecule has 2 aromatic heterocycles. The Balaban J connectivity index is 1.54. The van der Waals surface area contributed by atoms with Crippen LogP contribution in [0.15, 0.2) is 47.2 Å². The van der Waals surface area contributed by atoms with E-state index in [4.69, 9.17) is 9.26 Å². The molecule has 0 unspecified atom stereocenters. The summed E-state index contributed by atoms with van der Waals surface area (Å²) in [5.41, 5.74) is 3.36. The van der Waals surface area contributed by atoms with E-state index >= 15 is 0 Å². The van der Waals surface area contributed by atoms with Crippen LogP contribution in [-0.2, 0) is 17.8 Å². The summed E-state index contributed by atoms with van der Waals surface area (Å²) < 4.78 is 11.6. The number of aromatic nitrogens is 2. The Labute approximate surface area is 227 Å². The Hall–Kier alpha value is -3.96. The van der Waals surface area contributed by atoms with Crippen LogP contribution in [0.4, 0.5) is 16.2 Å². The fourth-order valence-electron chi connectivity index (χ4n) is 4.55. The third-order valence-electron chi connectivity index (χ3n) is 6.87. The Bertz CT molecular complexity index is 1260. The van der Waals surface area contributed by atoms with Gasteiger partial charge < -0.3 is 35.2 Å². The number of amides is 3. The number of hydrogen-bond donors (Lipinski definition) is 4. The van der Waals surface area contributed by atoms with E-state index in [1.165, 1.54) is 0 Å². The van der Waals surface area contributed by atoms with Crippen LogP contribution < -0.4 is 20.7 Å². The number of carbonyl (C=O) groups excluding carboxylic acids is 2. The number of aryl methyl sites for hydroxylation is 2. The van der Waals surface area contributed by atoms with Gasteiger partial charge in [-0.05, 0) is 56.7 Å². The molecule has 0 bridgehead atoms. The first-order valence-corrected chi connectivity index (χ1v) is 13.1. The van der Waals surface area contributed by atoms with Gasteiger partial charge in [-0.2, -0.15) is 0 Å². The predicted octanol–water partition coefficient (Wildman–Crippen LogP) is 3.27. The van der Waals surface area contributed by atoms with Crippen LogP contribution in [0, 0.1) is 19.8 Å². The molecule has 11 nitrogen and oxygen atoms in total. The number of urea groups is 1. The molecular formula is C28H36N6O5. The summed E-state index contributed by atoms with van der Waals surface area (Å²) in [6, 6.07) is 8.39. The van der Waals surface area contributed by atoms with Gasteiger partial charge in [0.25, 0.3) is 0 Å². The number of aliphatic hydroxyl groups is 1. The molecule has 3 atom stereocenters. The van der Waals surface area contributed by atoms with Crippen molar-refractivity contribution in [3.05, 3.63) is 65.3 Å². The Morgan fingerprint density at radius 3 is 2.67 bits per heavy atom. The van der Waals surface area contributed by atoms with Crippen molar-refractivity contribution in [2.75, 3.05) is 30.3 Å². The summed E-state index contributed by atoms with van der Waals surface area (Å²) >= 11 is 0. The second-order valence-electron chi connectivity index (χ2n) is 9.98. The SMILES string of the molecule is Cc1noc(C)c1NC(=O)Nc1ccc2c(c1)CC(=O)N([C@@H](C)CO)C[C@@H](C)[C@H](CNCc1ccncc1)O2. The molecule has 11 heteroatoms. The highest BCUT2D eigenvalue weighted by molar-refractivity contribution is 6.00. The minimum absolute atomic E-state index is 0.0162. The third kappa shape index (κ3) is 7.12. The number of rotatable bonds is 8. The van der Waals surface area contributed by atoms with E-state index in [9.17, 15) is 14.7 Å². The van der Waals surface area contributed by atoms with E-state index in [0.717, 1.165) is 5.56 Å². The molecule has 208 valence electrons. The maximum Gasteiger partial charge on any atom is 0.323 e. The molecule has 0 aliphatic carbocycles. The minimum atomic E-state index is -0.456. The second-order valence-corrected chi connectivity index (χ2v) is 9.98. The summed E-state index contributed by atoms with van der Waals surface area (Å²) in [6.07, 6.45) is 3.34. The number of fused-ring (bicyclic) bond motifs is 1. The van der Waals surface area contributed by atoms with Crippen LogP contribution in [0.25, 0.3) is 0 Å². The van der Waals surface area contributed by atoms with Crippen molar-refractivity contribution >= 4 is 23.3 Å². The van der Waals surface area contributed by atoms with Crippen molar-refractivity contribution < 1.29 is 24.0 Å². The number of nitrogens with one attached hydrogen (secondary N) is 3. The first kappa shape index (κ1) is 28.1. The molecule has 0 saturated heterocycles. The van der Waals surface area contributed by atoms with E-state index in [1.807, 2.05) is 26.0 Å². The number of ether oxygens (including phenoxy) is 1. The maximum atomic E-state index is 13.4. The highest BCUT2D eigenvalue weighted by atomic mass is 16.5. The average molecular weight is 537 g/mol. The zero-order valence-corrected chi connectivity index (χ0v) is 22.7. The van der Waals surface area contributed by atoms with Crippen molar-refractivity contribution in [3.8, 4) is 5.75 Å². The van der Waals surface area contributed by atoms with Crippen molar-refractivity contribution in [1.82, 2.24) is 20.4 Å². The maximum absolute atomic E-state index is 13.4. The predicted molar refractivity (Wildman–Crippen MR) is 147 cm³/mol. The van der Waals surface area contributed by atoms with E-state index in [-0.39, 0.29) is 37.0 Å². The smallest absolute Gasteiger partial charge is 0.323 e. The lowest BCUT2D eigenvalue weighted by molar-refractivity contribution is -0.134. The largest absolute Gasteiger partial charge is 0.488 e. The van der Waals surface area contributed by atoms with Crippen molar-refractivity contribution in [2.45, 2.75) is 52.8 Å². The zero-order valence-electron chi connectivity index (χ0n) is 22.7. The van der Waals surface area contributed by atoms with Gasteiger partial charge in [0.1, 0.15) is 23.2 Å². The Morgan fingerprint density at radius 1 is 1.21 bits per heavy atom.